The summed E-state index contributed by atoms with van der Waals surface area (Å²) in [4.78, 5) is 21.2. The standard InChI is InChI=1S/C18H21F2N3O/c1-2-14-9-16(24)22-18(21-14)13-6-4-8-23(11-13)10-12-5-3-7-15(19)17(12)20/h3,5,7,9,13H,2,4,6,8,10-11H2,1H3,(H,21,22,24)/t13-/m0/s1. The van der Waals surface area contributed by atoms with Gasteiger partial charge in [0.25, 0.3) is 5.56 Å². The lowest BCUT2D eigenvalue weighted by Gasteiger charge is -2.32. The molecule has 2 heterocycles. The molecule has 1 aliphatic rings. The summed E-state index contributed by atoms with van der Waals surface area (Å²) in [6, 6.07) is 5.79. The number of hydrogen-bond acceptors (Lipinski definition) is 3. The van der Waals surface area contributed by atoms with Crippen LogP contribution in [0.15, 0.2) is 29.1 Å². The fraction of sp³-hybridized carbons (Fsp3) is 0.444. The highest BCUT2D eigenvalue weighted by Gasteiger charge is 2.24. The molecule has 0 spiro atoms. The number of benzene rings is 1. The number of piperidine rings is 1. The van der Waals surface area contributed by atoms with Gasteiger partial charge in [0.05, 0.1) is 0 Å². The van der Waals surface area contributed by atoms with Crippen LogP contribution in [0.25, 0.3) is 0 Å². The second kappa shape index (κ2) is 7.21. The second-order valence-corrected chi connectivity index (χ2v) is 6.26. The molecular weight excluding hydrogens is 312 g/mol. The van der Waals surface area contributed by atoms with Crippen LogP contribution in [0.4, 0.5) is 8.78 Å². The van der Waals surface area contributed by atoms with E-state index in [2.05, 4.69) is 14.9 Å². The van der Waals surface area contributed by atoms with E-state index >= 15 is 0 Å². The molecule has 0 amide bonds. The van der Waals surface area contributed by atoms with Crippen molar-refractivity contribution >= 4 is 0 Å². The van der Waals surface area contributed by atoms with Crippen molar-refractivity contribution in [3.05, 3.63) is 63.3 Å². The van der Waals surface area contributed by atoms with Crippen molar-refractivity contribution in [3.63, 3.8) is 0 Å². The number of nitrogens with zero attached hydrogens (tertiary/aromatic N) is 2. The van der Waals surface area contributed by atoms with Crippen LogP contribution >= 0.6 is 0 Å². The zero-order chi connectivity index (χ0) is 17.1. The molecule has 0 radical (unpaired) electrons. The Morgan fingerprint density at radius 1 is 1.38 bits per heavy atom. The summed E-state index contributed by atoms with van der Waals surface area (Å²) in [5, 5.41) is 0. The zero-order valence-electron chi connectivity index (χ0n) is 13.7. The van der Waals surface area contributed by atoms with Gasteiger partial charge in [0.2, 0.25) is 0 Å². The minimum atomic E-state index is -0.817. The molecule has 3 rings (SSSR count). The van der Waals surface area contributed by atoms with Crippen molar-refractivity contribution in [2.75, 3.05) is 13.1 Å². The molecule has 24 heavy (non-hydrogen) atoms. The maximum absolute atomic E-state index is 13.9. The molecule has 1 fully saturated rings. The Hall–Kier alpha value is -2.08. The molecule has 128 valence electrons. The lowest BCUT2D eigenvalue weighted by atomic mass is 9.96. The van der Waals surface area contributed by atoms with Crippen LogP contribution in [-0.4, -0.2) is 28.0 Å². The minimum absolute atomic E-state index is 0.106. The average Bonchev–Trinajstić information content (AvgIpc) is 2.58. The number of rotatable bonds is 4. The van der Waals surface area contributed by atoms with Crippen molar-refractivity contribution in [2.24, 2.45) is 0 Å². The third-order valence-corrected chi connectivity index (χ3v) is 4.49. The zero-order valence-corrected chi connectivity index (χ0v) is 13.7. The van der Waals surface area contributed by atoms with Crippen LogP contribution in [0.5, 0.6) is 0 Å². The topological polar surface area (TPSA) is 49.0 Å². The molecular formula is C18H21F2N3O. The first-order valence-corrected chi connectivity index (χ1v) is 8.32. The Balaban J connectivity index is 1.76. The minimum Gasteiger partial charge on any atom is -0.310 e. The Kier molecular flexibility index (Phi) is 5.04. The monoisotopic (exact) mass is 333 g/mol. The molecule has 0 saturated carbocycles. The largest absolute Gasteiger partial charge is 0.310 e. The van der Waals surface area contributed by atoms with Gasteiger partial charge in [0.15, 0.2) is 11.6 Å². The smallest absolute Gasteiger partial charge is 0.251 e. The van der Waals surface area contributed by atoms with Crippen molar-refractivity contribution in [2.45, 2.75) is 38.6 Å². The number of halogens is 2. The van der Waals surface area contributed by atoms with Crippen LogP contribution in [-0.2, 0) is 13.0 Å². The third kappa shape index (κ3) is 3.70. The number of aromatic nitrogens is 2. The van der Waals surface area contributed by atoms with Crippen LogP contribution in [0, 0.1) is 11.6 Å². The van der Waals surface area contributed by atoms with Gasteiger partial charge in [-0.1, -0.05) is 19.1 Å². The highest BCUT2D eigenvalue weighted by molar-refractivity contribution is 5.19. The number of H-pyrrole nitrogens is 1. The molecule has 1 aromatic heterocycles. The molecule has 1 aliphatic heterocycles. The number of hydrogen-bond donors (Lipinski definition) is 1. The Labute approximate surface area is 139 Å². The highest BCUT2D eigenvalue weighted by atomic mass is 19.2. The summed E-state index contributed by atoms with van der Waals surface area (Å²) >= 11 is 0. The van der Waals surface area contributed by atoms with Crippen molar-refractivity contribution in [1.82, 2.24) is 14.9 Å². The molecule has 0 aliphatic carbocycles. The molecule has 0 unspecified atom stereocenters. The van der Waals surface area contributed by atoms with Gasteiger partial charge in [-0.3, -0.25) is 9.69 Å². The van der Waals surface area contributed by atoms with E-state index in [0.29, 0.717) is 30.9 Å². The summed E-state index contributed by atoms with van der Waals surface area (Å²) in [5.74, 6) is -0.792. The summed E-state index contributed by atoms with van der Waals surface area (Å²) in [7, 11) is 0. The molecule has 0 bridgehead atoms. The summed E-state index contributed by atoms with van der Waals surface area (Å²) in [6.45, 7) is 3.82. The average molecular weight is 333 g/mol. The fourth-order valence-electron chi connectivity index (χ4n) is 3.24. The van der Waals surface area contributed by atoms with E-state index in [4.69, 9.17) is 0 Å². The third-order valence-electron chi connectivity index (χ3n) is 4.49. The van der Waals surface area contributed by atoms with E-state index in [1.165, 1.54) is 12.1 Å². The fourth-order valence-corrected chi connectivity index (χ4v) is 3.24. The summed E-state index contributed by atoms with van der Waals surface area (Å²) in [5.41, 5.74) is 1.01. The van der Waals surface area contributed by atoms with Crippen LogP contribution in [0.3, 0.4) is 0 Å². The van der Waals surface area contributed by atoms with Gasteiger partial charge in [-0.2, -0.15) is 0 Å². The van der Waals surface area contributed by atoms with Gasteiger partial charge < -0.3 is 4.98 Å². The van der Waals surface area contributed by atoms with Gasteiger partial charge in [-0.05, 0) is 31.9 Å². The molecule has 1 aromatic carbocycles. The molecule has 4 nitrogen and oxygen atoms in total. The first kappa shape index (κ1) is 16.8. The lowest BCUT2D eigenvalue weighted by molar-refractivity contribution is 0.193. The summed E-state index contributed by atoms with van der Waals surface area (Å²) in [6.07, 6.45) is 2.57. The van der Waals surface area contributed by atoms with Crippen LogP contribution < -0.4 is 5.56 Å². The van der Waals surface area contributed by atoms with E-state index < -0.39 is 11.6 Å². The maximum atomic E-state index is 13.9. The van der Waals surface area contributed by atoms with Crippen LogP contribution in [0.1, 0.15) is 42.8 Å². The Bertz CT molecular complexity index is 775. The Morgan fingerprint density at radius 3 is 3.00 bits per heavy atom. The highest BCUT2D eigenvalue weighted by Crippen LogP contribution is 2.26. The molecule has 1 N–H and O–H groups in total. The molecule has 2 aromatic rings. The van der Waals surface area contributed by atoms with Gasteiger partial charge in [0, 0.05) is 36.3 Å². The van der Waals surface area contributed by atoms with Crippen molar-refractivity contribution in [1.29, 1.82) is 0 Å². The summed E-state index contributed by atoms with van der Waals surface area (Å²) < 4.78 is 27.2. The van der Waals surface area contributed by atoms with E-state index in [0.717, 1.165) is 31.1 Å². The first-order chi connectivity index (χ1) is 11.6. The Morgan fingerprint density at radius 2 is 2.21 bits per heavy atom. The van der Waals surface area contributed by atoms with E-state index in [9.17, 15) is 13.6 Å². The quantitative estimate of drug-likeness (QED) is 0.936. The van der Waals surface area contributed by atoms with Gasteiger partial charge in [-0.25, -0.2) is 13.8 Å². The normalized spacial score (nSPS) is 18.7. The van der Waals surface area contributed by atoms with Crippen molar-refractivity contribution in [3.8, 4) is 0 Å². The lowest BCUT2D eigenvalue weighted by Crippen LogP contribution is -2.35. The predicted molar refractivity (Wildman–Crippen MR) is 87.8 cm³/mol. The molecule has 6 heteroatoms. The van der Waals surface area contributed by atoms with Crippen molar-refractivity contribution < 1.29 is 8.78 Å². The number of likely N-dealkylation sites (tertiary alicyclic amines) is 1. The SMILES string of the molecule is CCc1cc(=O)[nH]c([C@H]2CCCN(Cc3cccc(F)c3F)C2)n1. The number of nitrogens with one attached hydrogen (secondary N) is 1. The van der Waals surface area contributed by atoms with Crippen LogP contribution in [0.2, 0.25) is 0 Å². The van der Waals surface area contributed by atoms with Gasteiger partial charge in [-0.15, -0.1) is 0 Å². The van der Waals surface area contributed by atoms with Gasteiger partial charge >= 0.3 is 0 Å². The molecule has 1 saturated heterocycles. The predicted octanol–water partition coefficient (Wildman–Crippen LogP) is 2.99. The van der Waals surface area contributed by atoms with Gasteiger partial charge in [0.1, 0.15) is 5.82 Å². The van der Waals surface area contributed by atoms with E-state index in [1.54, 1.807) is 6.07 Å². The van der Waals surface area contributed by atoms with E-state index in [-0.39, 0.29) is 11.5 Å². The number of aryl methyl sites for hydroxylation is 1. The van der Waals surface area contributed by atoms with E-state index in [1.807, 2.05) is 6.92 Å². The number of aromatic amines is 1. The first-order valence-electron chi connectivity index (χ1n) is 8.32. The maximum Gasteiger partial charge on any atom is 0.251 e. The molecule has 1 atom stereocenters. The second-order valence-electron chi connectivity index (χ2n) is 6.26.